The Morgan fingerprint density at radius 2 is 1.76 bits per heavy atom. The lowest BCUT2D eigenvalue weighted by Crippen LogP contribution is -2.46. The average Bonchev–Trinajstić information content (AvgIpc) is 2.93. The van der Waals surface area contributed by atoms with E-state index >= 15 is 0 Å². The van der Waals surface area contributed by atoms with Crippen LogP contribution in [-0.2, 0) is 16.3 Å². The fourth-order valence-corrected chi connectivity index (χ4v) is 4.91. The maximum atomic E-state index is 12.4. The Kier molecular flexibility index (Phi) is 10.3. The molecule has 8 nitrogen and oxygen atoms in total. The molecule has 3 aromatic rings. The van der Waals surface area contributed by atoms with Crippen molar-refractivity contribution in [1.82, 2.24) is 9.47 Å². The Balaban J connectivity index is 1.23. The molecule has 0 amide bonds. The van der Waals surface area contributed by atoms with Gasteiger partial charge < -0.3 is 19.5 Å². The number of halogens is 2. The number of carbonyl (C=O) groups excluding carboxylic acids is 1. The minimum Gasteiger partial charge on any atom is -0.494 e. The number of carbonyl (C=O) groups is 1. The SMILES string of the molecule is O=C(CCCO)OCn1c(=O)ccc2ccc(OCCCCN3CCN(c4cccc(Cl)c4Cl)CC3)cc21. The van der Waals surface area contributed by atoms with Gasteiger partial charge >= 0.3 is 5.97 Å². The maximum Gasteiger partial charge on any atom is 0.307 e. The molecule has 0 spiro atoms. The molecule has 204 valence electrons. The lowest BCUT2D eigenvalue weighted by atomic mass is 10.2. The number of aliphatic hydroxyl groups is 1. The summed E-state index contributed by atoms with van der Waals surface area (Å²) in [6.07, 6.45) is 2.36. The number of benzene rings is 2. The highest BCUT2D eigenvalue weighted by Crippen LogP contribution is 2.32. The highest BCUT2D eigenvalue weighted by atomic mass is 35.5. The predicted molar refractivity (Wildman–Crippen MR) is 150 cm³/mol. The van der Waals surface area contributed by atoms with E-state index in [1.807, 2.05) is 30.3 Å². The smallest absolute Gasteiger partial charge is 0.307 e. The number of rotatable bonds is 12. The van der Waals surface area contributed by atoms with Crippen molar-refractivity contribution in [2.24, 2.45) is 0 Å². The Hall–Kier alpha value is -2.78. The molecule has 0 unspecified atom stereocenters. The summed E-state index contributed by atoms with van der Waals surface area (Å²) < 4.78 is 12.6. The normalized spacial score (nSPS) is 14.1. The van der Waals surface area contributed by atoms with Crippen LogP contribution in [0.15, 0.2) is 53.3 Å². The highest BCUT2D eigenvalue weighted by Gasteiger charge is 2.19. The number of anilines is 1. The van der Waals surface area contributed by atoms with Crippen molar-refractivity contribution in [2.75, 3.05) is 50.8 Å². The molecule has 1 N–H and O–H groups in total. The number of aromatic nitrogens is 1. The number of hydrogen-bond donors (Lipinski definition) is 1. The van der Waals surface area contributed by atoms with Crippen LogP contribution in [0.5, 0.6) is 5.75 Å². The van der Waals surface area contributed by atoms with Crippen LogP contribution in [0.3, 0.4) is 0 Å². The molecule has 1 fully saturated rings. The first-order valence-electron chi connectivity index (χ1n) is 12.9. The number of fused-ring (bicyclic) bond motifs is 1. The van der Waals surface area contributed by atoms with Crippen LogP contribution in [0.2, 0.25) is 10.0 Å². The van der Waals surface area contributed by atoms with Gasteiger partial charge in [0.2, 0.25) is 0 Å². The van der Waals surface area contributed by atoms with Gasteiger partial charge in [0, 0.05) is 51.3 Å². The molecular weight excluding hydrogens is 529 g/mol. The first-order chi connectivity index (χ1) is 18.5. The van der Waals surface area contributed by atoms with Crippen LogP contribution >= 0.6 is 23.2 Å². The zero-order valence-electron chi connectivity index (χ0n) is 21.3. The molecule has 1 aromatic heterocycles. The Labute approximate surface area is 232 Å². The highest BCUT2D eigenvalue weighted by molar-refractivity contribution is 6.43. The van der Waals surface area contributed by atoms with E-state index in [-0.39, 0.29) is 25.3 Å². The molecule has 2 aromatic carbocycles. The summed E-state index contributed by atoms with van der Waals surface area (Å²) in [4.78, 5) is 29.0. The lowest BCUT2D eigenvalue weighted by Gasteiger charge is -2.36. The van der Waals surface area contributed by atoms with Crippen LogP contribution in [0.1, 0.15) is 25.7 Å². The minimum atomic E-state index is -0.454. The van der Waals surface area contributed by atoms with Gasteiger partial charge in [0.05, 0.1) is 27.9 Å². The molecule has 0 atom stereocenters. The molecule has 0 aliphatic carbocycles. The monoisotopic (exact) mass is 561 g/mol. The largest absolute Gasteiger partial charge is 0.494 e. The zero-order valence-corrected chi connectivity index (χ0v) is 22.8. The summed E-state index contributed by atoms with van der Waals surface area (Å²) in [6.45, 7) is 5.06. The van der Waals surface area contributed by atoms with Gasteiger partial charge in [-0.25, -0.2) is 0 Å². The molecule has 0 radical (unpaired) electrons. The van der Waals surface area contributed by atoms with E-state index in [0.29, 0.717) is 34.3 Å². The van der Waals surface area contributed by atoms with E-state index in [2.05, 4.69) is 9.80 Å². The van der Waals surface area contributed by atoms with E-state index in [1.54, 1.807) is 12.1 Å². The second-order valence-electron chi connectivity index (χ2n) is 9.25. The van der Waals surface area contributed by atoms with Gasteiger partial charge in [0.25, 0.3) is 5.56 Å². The number of unbranched alkanes of at least 4 members (excludes halogenated alkanes) is 1. The van der Waals surface area contributed by atoms with Gasteiger partial charge in [-0.05, 0) is 61.5 Å². The third-order valence-electron chi connectivity index (χ3n) is 6.64. The minimum absolute atomic E-state index is 0.0834. The van der Waals surface area contributed by atoms with Crippen molar-refractivity contribution in [1.29, 1.82) is 0 Å². The molecule has 0 saturated carbocycles. The Bertz CT molecular complexity index is 1290. The number of ether oxygens (including phenoxy) is 2. The molecule has 2 heterocycles. The van der Waals surface area contributed by atoms with Crippen molar-refractivity contribution >= 4 is 45.8 Å². The van der Waals surface area contributed by atoms with Crippen molar-refractivity contribution in [3.05, 3.63) is 68.9 Å². The van der Waals surface area contributed by atoms with Crippen molar-refractivity contribution in [3.8, 4) is 5.75 Å². The van der Waals surface area contributed by atoms with E-state index in [4.69, 9.17) is 37.8 Å². The number of nitrogens with zero attached hydrogens (tertiary/aromatic N) is 3. The van der Waals surface area contributed by atoms with Gasteiger partial charge in [0.15, 0.2) is 6.73 Å². The zero-order chi connectivity index (χ0) is 26.9. The van der Waals surface area contributed by atoms with Crippen molar-refractivity contribution in [2.45, 2.75) is 32.4 Å². The van der Waals surface area contributed by atoms with Crippen molar-refractivity contribution < 1.29 is 19.4 Å². The quantitative estimate of drug-likeness (QED) is 0.256. The summed E-state index contributed by atoms with van der Waals surface area (Å²) in [6, 6.07) is 14.5. The molecule has 1 aliphatic rings. The fraction of sp³-hybridized carbons (Fsp3) is 0.429. The third-order valence-corrected chi connectivity index (χ3v) is 7.45. The topological polar surface area (TPSA) is 84.2 Å². The summed E-state index contributed by atoms with van der Waals surface area (Å²) >= 11 is 12.5. The summed E-state index contributed by atoms with van der Waals surface area (Å²) in [5.74, 6) is 0.209. The van der Waals surface area contributed by atoms with Gasteiger partial charge in [-0.1, -0.05) is 29.3 Å². The van der Waals surface area contributed by atoms with E-state index < -0.39 is 5.97 Å². The number of piperazine rings is 1. The van der Waals surface area contributed by atoms with Gasteiger partial charge in [-0.3, -0.25) is 19.1 Å². The van der Waals surface area contributed by atoms with Crippen LogP contribution < -0.4 is 15.2 Å². The predicted octanol–water partition coefficient (Wildman–Crippen LogP) is 4.56. The lowest BCUT2D eigenvalue weighted by molar-refractivity contribution is -0.147. The second kappa shape index (κ2) is 13.8. The first kappa shape index (κ1) is 28.2. The van der Waals surface area contributed by atoms with Gasteiger partial charge in [-0.2, -0.15) is 0 Å². The van der Waals surface area contributed by atoms with Crippen LogP contribution in [-0.4, -0.2) is 66.5 Å². The van der Waals surface area contributed by atoms with Crippen LogP contribution in [0, 0.1) is 0 Å². The Morgan fingerprint density at radius 3 is 2.55 bits per heavy atom. The number of hydrogen-bond acceptors (Lipinski definition) is 7. The molecule has 4 rings (SSSR count). The maximum absolute atomic E-state index is 12.4. The van der Waals surface area contributed by atoms with Gasteiger partial charge in [-0.15, -0.1) is 0 Å². The summed E-state index contributed by atoms with van der Waals surface area (Å²) in [7, 11) is 0. The molecule has 10 heteroatoms. The summed E-state index contributed by atoms with van der Waals surface area (Å²) in [5.41, 5.74) is 1.37. The first-order valence-corrected chi connectivity index (χ1v) is 13.7. The molecule has 0 bridgehead atoms. The number of esters is 1. The van der Waals surface area contributed by atoms with E-state index in [0.717, 1.165) is 56.6 Å². The average molecular weight is 562 g/mol. The molecule has 38 heavy (non-hydrogen) atoms. The molecular formula is C28H33Cl2N3O5. The summed E-state index contributed by atoms with van der Waals surface area (Å²) in [5, 5.41) is 10.9. The van der Waals surface area contributed by atoms with Gasteiger partial charge in [0.1, 0.15) is 5.75 Å². The molecule has 1 saturated heterocycles. The molecule has 1 aliphatic heterocycles. The van der Waals surface area contributed by atoms with Crippen LogP contribution in [0.4, 0.5) is 5.69 Å². The number of pyridine rings is 1. The number of aliphatic hydroxyl groups excluding tert-OH is 1. The standard InChI is InChI=1S/C28H33Cl2N3O5/c29-23-5-3-6-24(28(23)30)32-15-13-31(14-16-32)12-1-2-18-37-22-10-8-21-9-11-26(35)33(25(21)19-22)20-38-27(36)7-4-17-34/h3,5-6,8-11,19,34H,1-2,4,7,12-18,20H2. The van der Waals surface area contributed by atoms with E-state index in [9.17, 15) is 9.59 Å². The van der Waals surface area contributed by atoms with E-state index in [1.165, 1.54) is 10.6 Å². The Morgan fingerprint density at radius 1 is 0.974 bits per heavy atom. The van der Waals surface area contributed by atoms with Crippen molar-refractivity contribution in [3.63, 3.8) is 0 Å². The fourth-order valence-electron chi connectivity index (χ4n) is 4.50. The van der Waals surface area contributed by atoms with Crippen LogP contribution in [0.25, 0.3) is 10.9 Å². The second-order valence-corrected chi connectivity index (χ2v) is 10.0. The third kappa shape index (κ3) is 7.41.